The molecule has 4 nitrogen and oxygen atoms in total. The maximum atomic E-state index is 12.7. The van der Waals surface area contributed by atoms with Crippen LogP contribution >= 0.6 is 0 Å². The quantitative estimate of drug-likeness (QED) is 0.762. The van der Waals surface area contributed by atoms with Gasteiger partial charge in [0.25, 0.3) is 0 Å². The highest BCUT2D eigenvalue weighted by atomic mass is 16.5. The van der Waals surface area contributed by atoms with Gasteiger partial charge < -0.3 is 14.1 Å². The van der Waals surface area contributed by atoms with Crippen LogP contribution in [0.2, 0.25) is 0 Å². The van der Waals surface area contributed by atoms with Crippen molar-refractivity contribution < 1.29 is 13.9 Å². The van der Waals surface area contributed by atoms with E-state index >= 15 is 0 Å². The van der Waals surface area contributed by atoms with Crippen molar-refractivity contribution in [1.29, 1.82) is 0 Å². The number of amides is 1. The van der Waals surface area contributed by atoms with Crippen LogP contribution in [0.25, 0.3) is 0 Å². The van der Waals surface area contributed by atoms with Gasteiger partial charge in [0.15, 0.2) is 0 Å². The molecule has 4 heteroatoms. The summed E-state index contributed by atoms with van der Waals surface area (Å²) in [7, 11) is 0. The van der Waals surface area contributed by atoms with Gasteiger partial charge in [0.2, 0.25) is 5.91 Å². The van der Waals surface area contributed by atoms with Gasteiger partial charge in [-0.05, 0) is 49.3 Å². The van der Waals surface area contributed by atoms with Crippen molar-refractivity contribution in [2.24, 2.45) is 11.8 Å². The SMILES string of the molecule is O=C(Cc1ccco1)N1CC[C@H](OCC2CC2)[C@@H](Cc2ccccc2)C1. The Hall–Kier alpha value is -2.07. The molecular weight excluding hydrogens is 326 g/mol. The lowest BCUT2D eigenvalue weighted by molar-refractivity contribution is -0.136. The lowest BCUT2D eigenvalue weighted by Gasteiger charge is -2.38. The van der Waals surface area contributed by atoms with Crippen LogP contribution < -0.4 is 0 Å². The van der Waals surface area contributed by atoms with Crippen LogP contribution in [0.3, 0.4) is 0 Å². The average Bonchev–Trinajstić information content (AvgIpc) is 3.36. The summed E-state index contributed by atoms with van der Waals surface area (Å²) < 4.78 is 11.6. The Morgan fingerprint density at radius 3 is 2.69 bits per heavy atom. The molecule has 1 amide bonds. The molecule has 1 saturated carbocycles. The Balaban J connectivity index is 1.40. The smallest absolute Gasteiger partial charge is 0.230 e. The van der Waals surface area contributed by atoms with Crippen molar-refractivity contribution in [3.8, 4) is 0 Å². The van der Waals surface area contributed by atoms with Crippen LogP contribution in [0.5, 0.6) is 0 Å². The van der Waals surface area contributed by atoms with E-state index in [9.17, 15) is 4.79 Å². The van der Waals surface area contributed by atoms with E-state index in [1.807, 2.05) is 23.1 Å². The monoisotopic (exact) mass is 353 g/mol. The number of piperidine rings is 1. The minimum atomic E-state index is 0.152. The van der Waals surface area contributed by atoms with Crippen molar-refractivity contribution in [3.63, 3.8) is 0 Å². The van der Waals surface area contributed by atoms with Gasteiger partial charge in [-0.15, -0.1) is 0 Å². The van der Waals surface area contributed by atoms with Gasteiger partial charge in [-0.25, -0.2) is 0 Å². The number of rotatable bonds is 7. The molecule has 1 saturated heterocycles. The molecule has 2 heterocycles. The number of furan rings is 1. The first-order valence-electron chi connectivity index (χ1n) is 9.73. The van der Waals surface area contributed by atoms with Crippen molar-refractivity contribution in [2.45, 2.75) is 38.2 Å². The van der Waals surface area contributed by atoms with Gasteiger partial charge in [-0.1, -0.05) is 30.3 Å². The van der Waals surface area contributed by atoms with Crippen LogP contribution in [-0.4, -0.2) is 36.6 Å². The van der Waals surface area contributed by atoms with Crippen LogP contribution in [0, 0.1) is 11.8 Å². The fourth-order valence-electron chi connectivity index (χ4n) is 3.79. The van der Waals surface area contributed by atoms with Crippen molar-refractivity contribution in [3.05, 3.63) is 60.1 Å². The van der Waals surface area contributed by atoms with Gasteiger partial charge in [-0.2, -0.15) is 0 Å². The molecule has 138 valence electrons. The zero-order valence-corrected chi connectivity index (χ0v) is 15.2. The number of carbonyl (C=O) groups excluding carboxylic acids is 1. The molecule has 2 aromatic rings. The molecule has 2 fully saturated rings. The van der Waals surface area contributed by atoms with E-state index in [-0.39, 0.29) is 12.0 Å². The first kappa shape index (κ1) is 17.3. The van der Waals surface area contributed by atoms with Gasteiger partial charge >= 0.3 is 0 Å². The van der Waals surface area contributed by atoms with Crippen LogP contribution in [0.15, 0.2) is 53.1 Å². The van der Waals surface area contributed by atoms with Gasteiger partial charge in [0.1, 0.15) is 5.76 Å². The second kappa shape index (κ2) is 8.09. The minimum absolute atomic E-state index is 0.152. The van der Waals surface area contributed by atoms with E-state index in [2.05, 4.69) is 24.3 Å². The number of ether oxygens (including phenoxy) is 1. The summed E-state index contributed by atoms with van der Waals surface area (Å²) in [4.78, 5) is 14.7. The Labute approximate surface area is 155 Å². The Morgan fingerprint density at radius 2 is 1.96 bits per heavy atom. The summed E-state index contributed by atoms with van der Waals surface area (Å²) in [5.74, 6) is 2.01. The van der Waals surface area contributed by atoms with E-state index in [1.54, 1.807) is 6.26 Å². The van der Waals surface area contributed by atoms with Crippen LogP contribution in [0.1, 0.15) is 30.6 Å². The first-order chi connectivity index (χ1) is 12.8. The lowest BCUT2D eigenvalue weighted by Crippen LogP contribution is -2.48. The molecular formula is C22H27NO3. The number of carbonyl (C=O) groups is 1. The second-order valence-electron chi connectivity index (χ2n) is 7.65. The number of nitrogens with zero attached hydrogens (tertiary/aromatic N) is 1. The second-order valence-corrected chi connectivity index (χ2v) is 7.65. The number of benzene rings is 1. The summed E-state index contributed by atoms with van der Waals surface area (Å²) in [6.45, 7) is 2.43. The topological polar surface area (TPSA) is 42.7 Å². The van der Waals surface area contributed by atoms with Crippen molar-refractivity contribution in [1.82, 2.24) is 4.90 Å². The Kier molecular flexibility index (Phi) is 5.40. The third-order valence-corrected chi connectivity index (χ3v) is 5.51. The van der Waals surface area contributed by atoms with Crippen molar-refractivity contribution >= 4 is 5.91 Å². The predicted molar refractivity (Wildman–Crippen MR) is 99.7 cm³/mol. The zero-order valence-electron chi connectivity index (χ0n) is 15.2. The highest BCUT2D eigenvalue weighted by molar-refractivity contribution is 5.78. The third kappa shape index (κ3) is 4.55. The highest BCUT2D eigenvalue weighted by Crippen LogP contribution is 2.32. The normalized spacial score (nSPS) is 23.2. The highest BCUT2D eigenvalue weighted by Gasteiger charge is 2.33. The molecule has 1 aromatic heterocycles. The number of likely N-dealkylation sites (tertiary alicyclic amines) is 1. The molecule has 1 aliphatic heterocycles. The fourth-order valence-corrected chi connectivity index (χ4v) is 3.79. The van der Waals surface area contributed by atoms with Crippen molar-refractivity contribution in [2.75, 3.05) is 19.7 Å². The van der Waals surface area contributed by atoms with E-state index in [0.717, 1.165) is 44.2 Å². The third-order valence-electron chi connectivity index (χ3n) is 5.51. The molecule has 4 rings (SSSR count). The summed E-state index contributed by atoms with van der Waals surface area (Å²) in [6, 6.07) is 14.2. The Morgan fingerprint density at radius 1 is 1.12 bits per heavy atom. The molecule has 0 bridgehead atoms. The van der Waals surface area contributed by atoms with Gasteiger partial charge in [-0.3, -0.25) is 4.79 Å². The first-order valence-corrected chi connectivity index (χ1v) is 9.73. The standard InChI is InChI=1S/C22H27NO3/c24-22(14-20-7-4-12-25-20)23-11-10-21(26-16-18-8-9-18)19(15-23)13-17-5-2-1-3-6-17/h1-7,12,18-19,21H,8-11,13-16H2/t19-,21-/m0/s1. The molecule has 2 atom stereocenters. The molecule has 1 aromatic carbocycles. The molecule has 1 aliphatic carbocycles. The number of hydrogen-bond acceptors (Lipinski definition) is 3. The predicted octanol–water partition coefficient (Wildman–Crippen LogP) is 3.71. The summed E-state index contributed by atoms with van der Waals surface area (Å²) in [5, 5.41) is 0. The molecule has 0 N–H and O–H groups in total. The molecule has 0 spiro atoms. The van der Waals surface area contributed by atoms with E-state index in [4.69, 9.17) is 9.15 Å². The van der Waals surface area contributed by atoms with E-state index in [1.165, 1.54) is 18.4 Å². The molecule has 0 radical (unpaired) electrons. The number of hydrogen-bond donors (Lipinski definition) is 0. The molecule has 0 unspecified atom stereocenters. The van der Waals surface area contributed by atoms with E-state index < -0.39 is 0 Å². The van der Waals surface area contributed by atoms with Gasteiger partial charge in [0, 0.05) is 25.6 Å². The fraction of sp³-hybridized carbons (Fsp3) is 0.500. The minimum Gasteiger partial charge on any atom is -0.469 e. The summed E-state index contributed by atoms with van der Waals surface area (Å²) in [5.41, 5.74) is 1.32. The largest absolute Gasteiger partial charge is 0.469 e. The Bertz CT molecular complexity index is 693. The average molecular weight is 353 g/mol. The summed E-state index contributed by atoms with van der Waals surface area (Å²) in [6.07, 6.45) is 6.73. The van der Waals surface area contributed by atoms with Gasteiger partial charge in [0.05, 0.1) is 18.8 Å². The van der Waals surface area contributed by atoms with Crippen LogP contribution in [0.4, 0.5) is 0 Å². The van der Waals surface area contributed by atoms with E-state index in [0.29, 0.717) is 12.3 Å². The summed E-state index contributed by atoms with van der Waals surface area (Å²) >= 11 is 0. The maximum absolute atomic E-state index is 12.7. The lowest BCUT2D eigenvalue weighted by atomic mass is 9.88. The maximum Gasteiger partial charge on any atom is 0.230 e. The molecule has 2 aliphatic rings. The van der Waals surface area contributed by atoms with Crippen LogP contribution in [-0.2, 0) is 22.4 Å². The molecule has 26 heavy (non-hydrogen) atoms. The zero-order chi connectivity index (χ0) is 17.8.